The van der Waals surface area contributed by atoms with Gasteiger partial charge in [-0.15, -0.1) is 0 Å². The molecule has 28 heavy (non-hydrogen) atoms. The monoisotopic (exact) mass is 425 g/mol. The van der Waals surface area contributed by atoms with E-state index >= 15 is 0 Å². The van der Waals surface area contributed by atoms with Crippen molar-refractivity contribution in [3.63, 3.8) is 0 Å². The van der Waals surface area contributed by atoms with E-state index in [1.54, 1.807) is 37.2 Å². The average Bonchev–Trinajstić information content (AvgIpc) is 3.03. The van der Waals surface area contributed by atoms with E-state index in [-0.39, 0.29) is 6.54 Å². The van der Waals surface area contributed by atoms with Crippen LogP contribution in [0.3, 0.4) is 0 Å². The molecule has 0 spiro atoms. The number of halogens is 3. The van der Waals surface area contributed by atoms with E-state index in [0.717, 1.165) is 10.2 Å². The lowest BCUT2D eigenvalue weighted by atomic mass is 10.1. The molecule has 9 heteroatoms. The van der Waals surface area contributed by atoms with Crippen molar-refractivity contribution in [2.24, 2.45) is 0 Å². The van der Waals surface area contributed by atoms with Crippen LogP contribution in [0.4, 0.5) is 8.78 Å². The van der Waals surface area contributed by atoms with E-state index in [1.165, 1.54) is 35.6 Å². The van der Waals surface area contributed by atoms with Gasteiger partial charge in [0, 0.05) is 23.7 Å². The molecule has 148 valence electrons. The van der Waals surface area contributed by atoms with Gasteiger partial charge in [-0.05, 0) is 56.6 Å². The number of carbonyl (C=O) groups excluding carboxylic acids is 1. The van der Waals surface area contributed by atoms with Crippen molar-refractivity contribution >= 4 is 39.1 Å². The molecule has 0 fully saturated rings. The average molecular weight is 426 g/mol. The van der Waals surface area contributed by atoms with Gasteiger partial charge in [0.05, 0.1) is 10.2 Å². The fraction of sp³-hybridized carbons (Fsp3) is 0.263. The summed E-state index contributed by atoms with van der Waals surface area (Å²) in [6, 6.07) is 10.4. The van der Waals surface area contributed by atoms with Crippen molar-refractivity contribution in [1.82, 2.24) is 15.2 Å². The molecule has 0 radical (unpaired) electrons. The molecule has 0 bridgehead atoms. The van der Waals surface area contributed by atoms with Crippen LogP contribution in [0.2, 0.25) is 5.02 Å². The molecular weight excluding hydrogens is 408 g/mol. The molecule has 0 saturated carbocycles. The molecule has 0 aliphatic carbocycles. The number of nitrogens with one attached hydrogen (secondary N) is 1. The van der Waals surface area contributed by atoms with E-state index in [0.29, 0.717) is 22.5 Å². The Kier molecular flexibility index (Phi) is 6.12. The Hall–Kier alpha value is -2.29. The number of nitrogens with zero attached hydrogens (tertiary/aromatic N) is 2. The Balaban J connectivity index is 1.68. The first kappa shape index (κ1) is 20.4. The lowest BCUT2D eigenvalue weighted by Crippen LogP contribution is -2.40. The number of aromatic nitrogens is 1. The molecule has 1 N–H and O–H groups in total. The predicted molar refractivity (Wildman–Crippen MR) is 107 cm³/mol. The second-order valence-electron chi connectivity index (χ2n) is 6.35. The molecule has 0 aliphatic rings. The van der Waals surface area contributed by atoms with E-state index in [2.05, 4.69) is 10.3 Å². The topological polar surface area (TPSA) is 54.5 Å². The molecule has 0 unspecified atom stereocenters. The zero-order valence-corrected chi connectivity index (χ0v) is 16.8. The van der Waals surface area contributed by atoms with E-state index in [9.17, 15) is 13.6 Å². The first-order valence-corrected chi connectivity index (χ1v) is 9.60. The predicted octanol–water partition coefficient (Wildman–Crippen LogP) is 4.51. The minimum Gasteiger partial charge on any atom is -0.431 e. The number of hydrogen-bond acceptors (Lipinski definition) is 5. The number of rotatable bonds is 7. The maximum atomic E-state index is 14.3. The molecule has 1 amide bonds. The summed E-state index contributed by atoms with van der Waals surface area (Å²) in [6.45, 7) is 0.617. The highest BCUT2D eigenvalue weighted by molar-refractivity contribution is 7.20. The fourth-order valence-corrected chi connectivity index (χ4v) is 3.50. The van der Waals surface area contributed by atoms with E-state index in [4.69, 9.17) is 16.3 Å². The Bertz CT molecular complexity index is 977. The number of carbonyl (C=O) groups is 1. The van der Waals surface area contributed by atoms with Crippen molar-refractivity contribution < 1.29 is 18.3 Å². The number of alkyl halides is 2. The van der Waals surface area contributed by atoms with Crippen LogP contribution in [-0.2, 0) is 10.7 Å². The van der Waals surface area contributed by atoms with Gasteiger partial charge in [-0.2, -0.15) is 8.78 Å². The summed E-state index contributed by atoms with van der Waals surface area (Å²) in [6.07, 6.45) is 0. The molecule has 2 aromatic carbocycles. The zero-order valence-electron chi connectivity index (χ0n) is 15.2. The molecule has 1 aromatic heterocycles. The molecule has 0 aliphatic heterocycles. The molecule has 3 aromatic rings. The van der Waals surface area contributed by atoms with Crippen LogP contribution >= 0.6 is 22.9 Å². The lowest BCUT2D eigenvalue weighted by molar-refractivity contribution is -0.147. The quantitative estimate of drug-likeness (QED) is 0.605. The molecule has 0 saturated heterocycles. The molecule has 5 nitrogen and oxygen atoms in total. The summed E-state index contributed by atoms with van der Waals surface area (Å²) >= 11 is 7.25. The highest BCUT2D eigenvalue weighted by Crippen LogP contribution is 2.34. The largest absolute Gasteiger partial charge is 0.431 e. The highest BCUT2D eigenvalue weighted by atomic mass is 35.5. The maximum Gasteiger partial charge on any atom is 0.349 e. The van der Waals surface area contributed by atoms with Gasteiger partial charge in [0.1, 0.15) is 5.75 Å². The standard InChI is InChI=1S/C19H18ClF2N3O2S/c1-25(2)10-9-23-17(26)19(21,22)12-3-6-14(7-4-12)27-18-24-15-8-5-13(20)11-16(15)28-18/h3-8,11H,9-10H2,1-2H3,(H,23,26). The lowest BCUT2D eigenvalue weighted by Gasteiger charge is -2.17. The number of likely N-dealkylation sites (N-methyl/N-ethyl adjacent to an activating group) is 1. The summed E-state index contributed by atoms with van der Waals surface area (Å²) in [5, 5.41) is 3.21. The van der Waals surface area contributed by atoms with Crippen molar-refractivity contribution in [2.45, 2.75) is 5.92 Å². The van der Waals surface area contributed by atoms with Crippen LogP contribution in [-0.4, -0.2) is 43.0 Å². The Morgan fingerprint density at radius 1 is 1.25 bits per heavy atom. The summed E-state index contributed by atoms with van der Waals surface area (Å²) in [5.41, 5.74) is 0.334. The summed E-state index contributed by atoms with van der Waals surface area (Å²) in [4.78, 5) is 17.9. The van der Waals surface area contributed by atoms with Crippen LogP contribution < -0.4 is 10.1 Å². The van der Waals surface area contributed by atoms with Crippen molar-refractivity contribution in [3.05, 3.63) is 53.1 Å². The van der Waals surface area contributed by atoms with Gasteiger partial charge in [0.15, 0.2) is 0 Å². The van der Waals surface area contributed by atoms with Gasteiger partial charge < -0.3 is 15.0 Å². The van der Waals surface area contributed by atoms with Crippen LogP contribution in [0.1, 0.15) is 5.56 Å². The fourth-order valence-electron chi connectivity index (χ4n) is 2.39. The third-order valence-electron chi connectivity index (χ3n) is 3.88. The molecule has 3 rings (SSSR count). The normalized spacial score (nSPS) is 11.8. The first-order valence-electron chi connectivity index (χ1n) is 8.41. The third-order valence-corrected chi connectivity index (χ3v) is 5.01. The second kappa shape index (κ2) is 8.38. The van der Waals surface area contributed by atoms with Gasteiger partial charge in [-0.3, -0.25) is 4.79 Å². The first-order chi connectivity index (χ1) is 13.3. The Morgan fingerprint density at radius 3 is 2.64 bits per heavy atom. The number of amides is 1. The number of ether oxygens (including phenoxy) is 1. The van der Waals surface area contributed by atoms with Gasteiger partial charge in [-0.25, -0.2) is 4.98 Å². The SMILES string of the molecule is CN(C)CCNC(=O)C(F)(F)c1ccc(Oc2nc3ccc(Cl)cc3s2)cc1. The second-order valence-corrected chi connectivity index (χ2v) is 7.78. The minimum absolute atomic E-state index is 0.143. The van der Waals surface area contributed by atoms with Crippen molar-refractivity contribution in [1.29, 1.82) is 0 Å². The summed E-state index contributed by atoms with van der Waals surface area (Å²) in [7, 11) is 3.59. The summed E-state index contributed by atoms with van der Waals surface area (Å²) in [5.74, 6) is -4.61. The van der Waals surface area contributed by atoms with Gasteiger partial charge in [-0.1, -0.05) is 22.9 Å². The smallest absolute Gasteiger partial charge is 0.349 e. The van der Waals surface area contributed by atoms with Gasteiger partial charge >= 0.3 is 5.92 Å². The number of benzene rings is 2. The molecule has 0 atom stereocenters. The zero-order chi connectivity index (χ0) is 20.3. The highest BCUT2D eigenvalue weighted by Gasteiger charge is 2.40. The van der Waals surface area contributed by atoms with Gasteiger partial charge in [0.2, 0.25) is 0 Å². The number of hydrogen-bond donors (Lipinski definition) is 1. The van der Waals surface area contributed by atoms with Crippen molar-refractivity contribution in [3.8, 4) is 10.9 Å². The van der Waals surface area contributed by atoms with Crippen LogP contribution in [0, 0.1) is 0 Å². The van der Waals surface area contributed by atoms with E-state index in [1.807, 2.05) is 0 Å². The van der Waals surface area contributed by atoms with Gasteiger partial charge in [0.25, 0.3) is 11.1 Å². The third kappa shape index (κ3) is 4.76. The maximum absolute atomic E-state index is 14.3. The number of thiazole rings is 1. The summed E-state index contributed by atoms with van der Waals surface area (Å²) < 4.78 is 35.1. The van der Waals surface area contributed by atoms with Crippen molar-refractivity contribution in [2.75, 3.05) is 27.2 Å². The molecule has 1 heterocycles. The van der Waals surface area contributed by atoms with Crippen LogP contribution in [0.25, 0.3) is 10.2 Å². The Labute approximate surface area is 169 Å². The molecular formula is C19H18ClF2N3O2S. The Morgan fingerprint density at radius 2 is 1.96 bits per heavy atom. The number of fused-ring (bicyclic) bond motifs is 1. The minimum atomic E-state index is -3.63. The van der Waals surface area contributed by atoms with E-state index < -0.39 is 17.4 Å². The van der Waals surface area contributed by atoms with Crippen LogP contribution in [0.5, 0.6) is 10.9 Å². The van der Waals surface area contributed by atoms with Crippen LogP contribution in [0.15, 0.2) is 42.5 Å².